The van der Waals surface area contributed by atoms with E-state index in [-0.39, 0.29) is 25.7 Å². The molecular formula is C37H78NO8P. The average Bonchev–Trinajstić information content (AvgIpc) is 3.05. The molecule has 0 aromatic rings. The number of ether oxygens (including phenoxy) is 2. The molecule has 0 aromatic heterocycles. The van der Waals surface area contributed by atoms with Gasteiger partial charge in [0.1, 0.15) is 6.10 Å². The summed E-state index contributed by atoms with van der Waals surface area (Å²) >= 11 is 0. The Morgan fingerprint density at radius 2 is 0.957 bits per heavy atom. The molecule has 0 saturated carbocycles. The number of hydrogen-bond acceptors (Lipinski definition) is 7. The number of rotatable bonds is 36. The number of hydrogen-bond donors (Lipinski definition) is 4. The van der Waals surface area contributed by atoms with Crippen molar-refractivity contribution >= 4 is 13.8 Å². The number of esters is 1. The van der Waals surface area contributed by atoms with Gasteiger partial charge in [-0.15, -0.1) is 0 Å². The maximum Gasteiger partial charge on any atom is 0.469 e. The van der Waals surface area contributed by atoms with Gasteiger partial charge in [-0.3, -0.25) is 9.32 Å². The second-order valence-corrected chi connectivity index (χ2v) is 14.3. The van der Waals surface area contributed by atoms with Gasteiger partial charge in [-0.2, -0.15) is 0 Å². The average molecular weight is 696 g/mol. The van der Waals surface area contributed by atoms with Crippen LogP contribution in [0.25, 0.3) is 0 Å². The van der Waals surface area contributed by atoms with Gasteiger partial charge in [0, 0.05) is 19.6 Å². The molecule has 10 heteroatoms. The monoisotopic (exact) mass is 696 g/mol. The normalized spacial score (nSPS) is 12.1. The van der Waals surface area contributed by atoms with Gasteiger partial charge in [-0.25, -0.2) is 4.57 Å². The molecule has 0 aromatic carbocycles. The third kappa shape index (κ3) is 45.5. The van der Waals surface area contributed by atoms with Crippen LogP contribution in [0.4, 0.5) is 0 Å². The van der Waals surface area contributed by atoms with Gasteiger partial charge in [0.15, 0.2) is 0 Å². The number of carbonyl (C=O) groups excluding carboxylic acids is 1. The highest BCUT2D eigenvalue weighted by atomic mass is 31.2. The van der Waals surface area contributed by atoms with Crippen LogP contribution in [0.5, 0.6) is 0 Å². The Kier molecular flexibility index (Phi) is 41.2. The van der Waals surface area contributed by atoms with E-state index in [4.69, 9.17) is 25.0 Å². The molecule has 0 rings (SSSR count). The Morgan fingerprint density at radius 3 is 1.28 bits per heavy atom. The van der Waals surface area contributed by atoms with E-state index in [2.05, 4.69) is 18.4 Å². The zero-order valence-electron chi connectivity index (χ0n) is 30.8. The van der Waals surface area contributed by atoms with Gasteiger partial charge in [0.25, 0.3) is 0 Å². The Balaban J connectivity index is 0. The van der Waals surface area contributed by atoms with E-state index in [0.717, 1.165) is 19.3 Å². The fraction of sp³-hybridized carbons (Fsp3) is 0.973. The molecule has 284 valence electrons. The molecule has 47 heavy (non-hydrogen) atoms. The molecule has 1 atom stereocenters. The Hall–Kier alpha value is -0.540. The summed E-state index contributed by atoms with van der Waals surface area (Å²) in [6.07, 6.45) is 35.6. The molecule has 0 aliphatic carbocycles. The summed E-state index contributed by atoms with van der Waals surface area (Å²) < 4.78 is 24.8. The van der Waals surface area contributed by atoms with Crippen molar-refractivity contribution in [1.82, 2.24) is 0 Å². The summed E-state index contributed by atoms with van der Waals surface area (Å²) in [5.41, 5.74) is 4.87. The molecule has 0 fully saturated rings. The SMILES string of the molecule is CCCCCCCCCCCCCCCCOCC(CO)OC(=O)CCCCCCCCCCCCCCC.NCCOP(=O)(O)O. The van der Waals surface area contributed by atoms with Crippen LogP contribution in [0.3, 0.4) is 0 Å². The summed E-state index contributed by atoms with van der Waals surface area (Å²) in [6.45, 7) is 5.38. The molecule has 0 aliphatic rings. The van der Waals surface area contributed by atoms with Crippen LogP contribution < -0.4 is 5.73 Å². The van der Waals surface area contributed by atoms with Crippen LogP contribution in [0.1, 0.15) is 194 Å². The minimum absolute atomic E-state index is 0.107. The van der Waals surface area contributed by atoms with Crippen LogP contribution in [0, 0.1) is 0 Å². The van der Waals surface area contributed by atoms with Crippen molar-refractivity contribution < 1.29 is 38.3 Å². The topological polar surface area (TPSA) is 149 Å². The molecular weight excluding hydrogens is 617 g/mol. The second kappa shape index (κ2) is 39.9. The first-order valence-electron chi connectivity index (χ1n) is 19.6. The quantitative estimate of drug-likeness (QED) is 0.0285. The van der Waals surface area contributed by atoms with Gasteiger partial charge in [0.05, 0.1) is 19.8 Å². The number of nitrogens with two attached hydrogens (primary N) is 1. The Labute approximate surface area is 290 Å². The lowest BCUT2D eigenvalue weighted by molar-refractivity contribution is -0.154. The molecule has 9 nitrogen and oxygen atoms in total. The predicted molar refractivity (Wildman–Crippen MR) is 195 cm³/mol. The maximum atomic E-state index is 12.1. The molecule has 0 radical (unpaired) electrons. The molecule has 0 bridgehead atoms. The standard InChI is InChI=1S/C35H70O4.C2H8NO4P/c1-3-5-7-9-11-13-15-17-19-21-23-25-27-29-31-38-33-34(32-36)39-35(37)30-28-26-24-22-20-18-16-14-12-10-8-6-4-2;3-1-2-7-8(4,5)6/h34,36H,3-33H2,1-2H3;1-3H2,(H2,4,5,6). The second-order valence-electron chi connectivity index (χ2n) is 13.1. The first-order chi connectivity index (χ1) is 22.8. The van der Waals surface area contributed by atoms with E-state index in [0.29, 0.717) is 19.6 Å². The van der Waals surface area contributed by atoms with Gasteiger partial charge in [0.2, 0.25) is 0 Å². The maximum absolute atomic E-state index is 12.1. The zero-order valence-corrected chi connectivity index (χ0v) is 31.7. The van der Waals surface area contributed by atoms with E-state index >= 15 is 0 Å². The van der Waals surface area contributed by atoms with Crippen molar-refractivity contribution in [2.24, 2.45) is 5.73 Å². The number of aliphatic hydroxyl groups is 1. The van der Waals surface area contributed by atoms with Crippen molar-refractivity contribution in [2.45, 2.75) is 200 Å². The van der Waals surface area contributed by atoms with Gasteiger partial charge in [-0.05, 0) is 12.8 Å². The molecule has 0 heterocycles. The molecule has 0 spiro atoms. The number of aliphatic hydroxyl groups excluding tert-OH is 1. The zero-order chi connectivity index (χ0) is 35.1. The largest absolute Gasteiger partial charge is 0.469 e. The van der Waals surface area contributed by atoms with Crippen LogP contribution in [-0.4, -0.2) is 59.9 Å². The van der Waals surface area contributed by atoms with Crippen molar-refractivity contribution in [1.29, 1.82) is 0 Å². The van der Waals surface area contributed by atoms with Crippen LogP contribution >= 0.6 is 7.82 Å². The fourth-order valence-corrected chi connectivity index (χ4v) is 5.78. The predicted octanol–water partition coefficient (Wildman–Crippen LogP) is 9.92. The van der Waals surface area contributed by atoms with E-state index in [1.54, 1.807) is 0 Å². The van der Waals surface area contributed by atoms with E-state index in [9.17, 15) is 14.5 Å². The Bertz CT molecular complexity index is 664. The van der Waals surface area contributed by atoms with Gasteiger partial charge in [-0.1, -0.05) is 174 Å². The highest BCUT2D eigenvalue weighted by Crippen LogP contribution is 2.34. The molecule has 0 amide bonds. The smallest absolute Gasteiger partial charge is 0.457 e. The number of carbonyl (C=O) groups is 1. The van der Waals surface area contributed by atoms with E-state index < -0.39 is 13.9 Å². The minimum Gasteiger partial charge on any atom is -0.457 e. The van der Waals surface area contributed by atoms with Crippen molar-refractivity contribution in [3.05, 3.63) is 0 Å². The lowest BCUT2D eigenvalue weighted by Gasteiger charge is -2.16. The highest BCUT2D eigenvalue weighted by Gasteiger charge is 2.14. The van der Waals surface area contributed by atoms with Crippen LogP contribution in [0.15, 0.2) is 0 Å². The number of phosphoric ester groups is 1. The number of phosphoric acid groups is 1. The molecule has 0 saturated heterocycles. The van der Waals surface area contributed by atoms with Gasteiger partial charge >= 0.3 is 13.8 Å². The summed E-state index contributed by atoms with van der Waals surface area (Å²) in [6, 6.07) is 0. The lowest BCUT2D eigenvalue weighted by Crippen LogP contribution is -2.27. The lowest BCUT2D eigenvalue weighted by atomic mass is 10.0. The first kappa shape index (κ1) is 48.6. The summed E-state index contributed by atoms with van der Waals surface area (Å²) in [7, 11) is -4.26. The van der Waals surface area contributed by atoms with Crippen molar-refractivity contribution in [2.75, 3.05) is 33.0 Å². The van der Waals surface area contributed by atoms with Crippen molar-refractivity contribution in [3.8, 4) is 0 Å². The molecule has 5 N–H and O–H groups in total. The van der Waals surface area contributed by atoms with Gasteiger partial charge < -0.3 is 30.1 Å². The third-order valence-electron chi connectivity index (χ3n) is 8.31. The van der Waals surface area contributed by atoms with Crippen LogP contribution in [0.2, 0.25) is 0 Å². The summed E-state index contributed by atoms with van der Waals surface area (Å²) in [5.74, 6) is -0.197. The summed E-state index contributed by atoms with van der Waals surface area (Å²) in [4.78, 5) is 28.1. The first-order valence-corrected chi connectivity index (χ1v) is 21.1. The Morgan fingerprint density at radius 1 is 0.596 bits per heavy atom. The van der Waals surface area contributed by atoms with Crippen molar-refractivity contribution in [3.63, 3.8) is 0 Å². The third-order valence-corrected chi connectivity index (χ3v) is 8.83. The van der Waals surface area contributed by atoms with E-state index in [1.165, 1.54) is 154 Å². The van der Waals surface area contributed by atoms with Crippen LogP contribution in [-0.2, 0) is 23.4 Å². The van der Waals surface area contributed by atoms with E-state index in [1.807, 2.05) is 0 Å². The molecule has 0 aliphatic heterocycles. The summed E-state index contributed by atoms with van der Waals surface area (Å²) in [5, 5.41) is 9.53. The molecule has 1 unspecified atom stereocenters. The fourth-order valence-electron chi connectivity index (χ4n) is 5.44. The highest BCUT2D eigenvalue weighted by molar-refractivity contribution is 7.46. The minimum atomic E-state index is -4.26. The number of unbranched alkanes of at least 4 members (excludes halogenated alkanes) is 25.